The number of carbonyl (C=O) groups is 1. The van der Waals surface area contributed by atoms with Crippen molar-refractivity contribution in [3.8, 4) is 5.75 Å². The van der Waals surface area contributed by atoms with E-state index >= 15 is 0 Å². The summed E-state index contributed by atoms with van der Waals surface area (Å²) in [6.07, 6.45) is 4.93. The zero-order valence-electron chi connectivity index (χ0n) is 13.7. The summed E-state index contributed by atoms with van der Waals surface area (Å²) >= 11 is 0. The fraction of sp³-hybridized carbons (Fsp3) is 0.150. The van der Waals surface area contributed by atoms with Gasteiger partial charge in [-0.1, -0.05) is 18.2 Å². The van der Waals surface area contributed by atoms with E-state index in [-0.39, 0.29) is 11.9 Å². The van der Waals surface area contributed by atoms with Gasteiger partial charge in [0.2, 0.25) is 5.91 Å². The molecule has 0 saturated heterocycles. The van der Waals surface area contributed by atoms with Crippen LogP contribution in [0.25, 0.3) is 16.8 Å². The number of furan rings is 1. The summed E-state index contributed by atoms with van der Waals surface area (Å²) in [6, 6.07) is 15.4. The van der Waals surface area contributed by atoms with E-state index in [0.717, 1.165) is 27.8 Å². The Hall–Kier alpha value is -3.01. The number of amides is 1. The quantitative estimate of drug-likeness (QED) is 0.712. The fourth-order valence-electron chi connectivity index (χ4n) is 2.52. The summed E-state index contributed by atoms with van der Waals surface area (Å²) in [5, 5.41) is 5.07. The van der Waals surface area contributed by atoms with Gasteiger partial charge in [0.1, 0.15) is 11.5 Å². The number of hydrogen-bond acceptors (Lipinski definition) is 3. The van der Waals surface area contributed by atoms with E-state index in [1.54, 1.807) is 25.5 Å². The lowest BCUT2D eigenvalue weighted by molar-refractivity contribution is -0.117. The van der Waals surface area contributed by atoms with E-state index < -0.39 is 0 Å². The van der Waals surface area contributed by atoms with Crippen LogP contribution < -0.4 is 10.1 Å². The van der Waals surface area contributed by atoms with Gasteiger partial charge >= 0.3 is 0 Å². The van der Waals surface area contributed by atoms with E-state index in [9.17, 15) is 4.79 Å². The van der Waals surface area contributed by atoms with Gasteiger partial charge in [0.15, 0.2) is 0 Å². The van der Waals surface area contributed by atoms with Gasteiger partial charge in [-0.15, -0.1) is 0 Å². The Balaban J connectivity index is 1.69. The van der Waals surface area contributed by atoms with Crippen molar-refractivity contribution in [1.82, 2.24) is 5.32 Å². The number of carbonyl (C=O) groups excluding carboxylic acids is 1. The molecule has 2 aromatic carbocycles. The van der Waals surface area contributed by atoms with Crippen molar-refractivity contribution in [3.63, 3.8) is 0 Å². The molecule has 0 fully saturated rings. The number of ether oxygens (including phenoxy) is 1. The SMILES string of the molecule is COc1ccc2cc(/C=C/C(=O)N[C@H](C)c3ccco3)ccc2c1. The largest absolute Gasteiger partial charge is 0.497 e. The molecule has 0 spiro atoms. The minimum Gasteiger partial charge on any atom is -0.497 e. The molecule has 0 saturated carbocycles. The van der Waals surface area contributed by atoms with Crippen LogP contribution in [0.2, 0.25) is 0 Å². The second-order valence-corrected chi connectivity index (χ2v) is 5.55. The number of nitrogens with one attached hydrogen (secondary N) is 1. The first-order valence-corrected chi connectivity index (χ1v) is 7.75. The summed E-state index contributed by atoms with van der Waals surface area (Å²) in [7, 11) is 1.65. The zero-order chi connectivity index (χ0) is 16.9. The van der Waals surface area contributed by atoms with Crippen LogP contribution in [0.4, 0.5) is 0 Å². The molecule has 0 aliphatic rings. The molecule has 1 N–H and O–H groups in total. The monoisotopic (exact) mass is 321 g/mol. The molecule has 0 bridgehead atoms. The average molecular weight is 321 g/mol. The number of rotatable bonds is 5. The first-order chi connectivity index (χ1) is 11.7. The molecule has 0 radical (unpaired) electrons. The maximum atomic E-state index is 12.0. The Bertz CT molecular complexity index is 866. The fourth-order valence-corrected chi connectivity index (χ4v) is 2.52. The maximum absolute atomic E-state index is 12.0. The third-order valence-corrected chi connectivity index (χ3v) is 3.83. The van der Waals surface area contributed by atoms with Crippen molar-refractivity contribution < 1.29 is 13.9 Å². The number of hydrogen-bond donors (Lipinski definition) is 1. The molecule has 1 amide bonds. The second kappa shape index (κ2) is 7.04. The molecule has 4 heteroatoms. The van der Waals surface area contributed by atoms with E-state index in [1.165, 1.54) is 6.08 Å². The van der Waals surface area contributed by atoms with Gasteiger partial charge in [-0.25, -0.2) is 0 Å². The first-order valence-electron chi connectivity index (χ1n) is 7.75. The molecular weight excluding hydrogens is 302 g/mol. The van der Waals surface area contributed by atoms with Gasteiger partial charge in [0.25, 0.3) is 0 Å². The summed E-state index contributed by atoms with van der Waals surface area (Å²) < 4.78 is 10.5. The highest BCUT2D eigenvalue weighted by molar-refractivity contribution is 5.93. The summed E-state index contributed by atoms with van der Waals surface area (Å²) in [5.41, 5.74) is 0.966. The minimum atomic E-state index is -0.166. The maximum Gasteiger partial charge on any atom is 0.244 e. The summed E-state index contributed by atoms with van der Waals surface area (Å²) in [6.45, 7) is 1.88. The molecular formula is C20H19NO3. The van der Waals surface area contributed by atoms with Gasteiger partial charge < -0.3 is 14.5 Å². The normalized spacial score (nSPS) is 12.4. The molecule has 1 heterocycles. The minimum absolute atomic E-state index is 0.159. The average Bonchev–Trinajstić information content (AvgIpc) is 3.14. The van der Waals surface area contributed by atoms with Crippen LogP contribution >= 0.6 is 0 Å². The van der Waals surface area contributed by atoms with Gasteiger partial charge in [-0.2, -0.15) is 0 Å². The Morgan fingerprint density at radius 3 is 2.71 bits per heavy atom. The molecule has 4 nitrogen and oxygen atoms in total. The van der Waals surface area contributed by atoms with Crippen LogP contribution in [0.1, 0.15) is 24.3 Å². The molecule has 1 atom stereocenters. The van der Waals surface area contributed by atoms with Crippen LogP contribution in [0.15, 0.2) is 65.3 Å². The number of fused-ring (bicyclic) bond motifs is 1. The Kier molecular flexibility index (Phi) is 4.66. The van der Waals surface area contributed by atoms with Crippen molar-refractivity contribution in [3.05, 3.63) is 72.2 Å². The van der Waals surface area contributed by atoms with E-state index in [4.69, 9.17) is 9.15 Å². The first kappa shape index (κ1) is 15.9. The predicted octanol–water partition coefficient (Wildman–Crippen LogP) is 4.33. The highest BCUT2D eigenvalue weighted by Gasteiger charge is 2.09. The zero-order valence-corrected chi connectivity index (χ0v) is 13.7. The van der Waals surface area contributed by atoms with Crippen molar-refractivity contribution in [1.29, 1.82) is 0 Å². The van der Waals surface area contributed by atoms with Crippen molar-refractivity contribution in [2.24, 2.45) is 0 Å². The standard InChI is InChI=1S/C20H19NO3/c1-14(19-4-3-11-24-19)21-20(22)10-6-15-5-7-17-13-18(23-2)9-8-16(17)12-15/h3-14H,1-2H3,(H,21,22)/b10-6+/t14-/m1/s1. The smallest absolute Gasteiger partial charge is 0.244 e. The molecule has 3 rings (SSSR count). The van der Waals surface area contributed by atoms with Crippen molar-refractivity contribution >= 4 is 22.8 Å². The summed E-state index contributed by atoms with van der Waals surface area (Å²) in [5.74, 6) is 1.40. The van der Waals surface area contributed by atoms with Crippen LogP contribution in [0.5, 0.6) is 5.75 Å². The summed E-state index contributed by atoms with van der Waals surface area (Å²) in [4.78, 5) is 12.0. The molecule has 0 aliphatic heterocycles. The van der Waals surface area contributed by atoms with E-state index in [0.29, 0.717) is 0 Å². The van der Waals surface area contributed by atoms with Gasteiger partial charge in [-0.3, -0.25) is 4.79 Å². The lowest BCUT2D eigenvalue weighted by atomic mass is 10.1. The van der Waals surface area contributed by atoms with Crippen LogP contribution in [-0.2, 0) is 4.79 Å². The topological polar surface area (TPSA) is 51.5 Å². The molecule has 0 aliphatic carbocycles. The van der Waals surface area contributed by atoms with Gasteiger partial charge in [0, 0.05) is 6.08 Å². The van der Waals surface area contributed by atoms with Gasteiger partial charge in [-0.05, 0) is 59.7 Å². The lowest BCUT2D eigenvalue weighted by Gasteiger charge is -2.09. The highest BCUT2D eigenvalue weighted by atomic mass is 16.5. The Morgan fingerprint density at radius 1 is 1.17 bits per heavy atom. The lowest BCUT2D eigenvalue weighted by Crippen LogP contribution is -2.24. The molecule has 1 aromatic heterocycles. The van der Waals surface area contributed by atoms with Crippen LogP contribution in [0, 0.1) is 0 Å². The molecule has 0 unspecified atom stereocenters. The van der Waals surface area contributed by atoms with Gasteiger partial charge in [0.05, 0.1) is 19.4 Å². The third kappa shape index (κ3) is 3.66. The molecule has 24 heavy (non-hydrogen) atoms. The number of benzene rings is 2. The Labute approximate surface area is 140 Å². The van der Waals surface area contributed by atoms with E-state index in [2.05, 4.69) is 5.32 Å². The van der Waals surface area contributed by atoms with Crippen LogP contribution in [-0.4, -0.2) is 13.0 Å². The van der Waals surface area contributed by atoms with Crippen LogP contribution in [0.3, 0.4) is 0 Å². The predicted molar refractivity (Wildman–Crippen MR) is 94.8 cm³/mol. The third-order valence-electron chi connectivity index (χ3n) is 3.83. The highest BCUT2D eigenvalue weighted by Crippen LogP contribution is 2.22. The second-order valence-electron chi connectivity index (χ2n) is 5.55. The van der Waals surface area contributed by atoms with Crippen molar-refractivity contribution in [2.75, 3.05) is 7.11 Å². The van der Waals surface area contributed by atoms with E-state index in [1.807, 2.05) is 49.4 Å². The molecule has 122 valence electrons. The molecule has 3 aromatic rings. The Morgan fingerprint density at radius 2 is 1.96 bits per heavy atom. The van der Waals surface area contributed by atoms with Crippen molar-refractivity contribution in [2.45, 2.75) is 13.0 Å². The number of methoxy groups -OCH3 is 1.